The van der Waals surface area contributed by atoms with Gasteiger partial charge in [0.1, 0.15) is 5.75 Å². The molecule has 1 aromatic rings. The van der Waals surface area contributed by atoms with Gasteiger partial charge in [-0.05, 0) is 30.5 Å². The Hall–Kier alpha value is -1.02. The van der Waals surface area contributed by atoms with Crippen molar-refractivity contribution in [2.45, 2.75) is 39.0 Å². The molecule has 0 aliphatic heterocycles. The summed E-state index contributed by atoms with van der Waals surface area (Å²) in [6.07, 6.45) is 6.52. The highest BCUT2D eigenvalue weighted by molar-refractivity contribution is 5.27. The van der Waals surface area contributed by atoms with Gasteiger partial charge in [0.15, 0.2) is 0 Å². The maximum atomic E-state index is 5.11. The lowest BCUT2D eigenvalue weighted by molar-refractivity contribution is 0.414. The zero-order valence-electron chi connectivity index (χ0n) is 9.96. The summed E-state index contributed by atoms with van der Waals surface area (Å²) in [5.74, 6) is 0.947. The van der Waals surface area contributed by atoms with Gasteiger partial charge in [0.2, 0.25) is 0 Å². The lowest BCUT2D eigenvalue weighted by atomic mass is 10.1. The second-order valence-electron chi connectivity index (χ2n) is 3.66. The number of rotatable bonds is 6. The smallest absolute Gasteiger partial charge is 0.118 e. The van der Waals surface area contributed by atoms with Crippen LogP contribution in [0.1, 0.15) is 38.2 Å². The molecule has 0 aromatic heterocycles. The summed E-state index contributed by atoms with van der Waals surface area (Å²) in [6, 6.07) is 8.39. The predicted octanol–water partition coefficient (Wildman–Crippen LogP) is 3.98. The van der Waals surface area contributed by atoms with Crippen molar-refractivity contribution in [3.63, 3.8) is 0 Å². The molecule has 15 heavy (non-hydrogen) atoms. The van der Waals surface area contributed by atoms with E-state index in [-0.39, 0.29) is 6.15 Å². The predicted molar refractivity (Wildman–Crippen MR) is 65.9 cm³/mol. The number of ether oxygens (including phenoxy) is 1. The van der Waals surface area contributed by atoms with Gasteiger partial charge in [-0.3, -0.25) is 0 Å². The maximum Gasteiger partial charge on any atom is 0.118 e. The van der Waals surface area contributed by atoms with Crippen LogP contribution in [0.3, 0.4) is 0 Å². The maximum absolute atomic E-state index is 5.11. The van der Waals surface area contributed by atoms with Gasteiger partial charge in [0, 0.05) is 0 Å². The lowest BCUT2D eigenvalue weighted by Crippen LogP contribution is -1.87. The first-order valence-corrected chi connectivity index (χ1v) is 5.49. The highest BCUT2D eigenvalue weighted by Gasteiger charge is 1.94. The van der Waals surface area contributed by atoms with E-state index in [0.717, 1.165) is 5.75 Å². The molecule has 0 saturated heterocycles. The highest BCUT2D eigenvalue weighted by Crippen LogP contribution is 2.13. The Morgan fingerprint density at radius 1 is 1.00 bits per heavy atom. The highest BCUT2D eigenvalue weighted by atomic mass is 16.5. The number of aryl methyl sites for hydroxylation is 1. The van der Waals surface area contributed by atoms with Crippen LogP contribution >= 0.6 is 0 Å². The van der Waals surface area contributed by atoms with E-state index >= 15 is 0 Å². The van der Waals surface area contributed by atoms with Gasteiger partial charge in [-0.2, -0.15) is 0 Å². The molecule has 1 aromatic carbocycles. The molecule has 0 radical (unpaired) electrons. The molecule has 0 unspecified atom stereocenters. The Morgan fingerprint density at radius 3 is 2.20 bits per heavy atom. The van der Waals surface area contributed by atoms with Gasteiger partial charge in [0.25, 0.3) is 0 Å². The monoisotopic (exact) mass is 209 g/mol. The molecule has 0 heterocycles. The molecule has 86 valence electrons. The summed E-state index contributed by atoms with van der Waals surface area (Å²) >= 11 is 0. The fraction of sp³-hybridized carbons (Fsp3) is 0.538. The van der Waals surface area contributed by atoms with E-state index in [2.05, 4.69) is 19.1 Å². The molecule has 0 aliphatic rings. The van der Waals surface area contributed by atoms with Crippen LogP contribution in [0.15, 0.2) is 24.3 Å². The quantitative estimate of drug-likeness (QED) is 0.720. The zero-order valence-corrected chi connectivity index (χ0v) is 9.96. The molecule has 0 fully saturated rings. The Labute approximate surface area is 93.2 Å². The van der Waals surface area contributed by atoms with Crippen molar-refractivity contribution < 1.29 is 4.74 Å². The van der Waals surface area contributed by atoms with Crippen LogP contribution in [0, 0.1) is 0 Å². The summed E-state index contributed by atoms with van der Waals surface area (Å²) in [6.45, 7) is 2.24. The van der Waals surface area contributed by atoms with E-state index < -0.39 is 0 Å². The molecular weight excluding hydrogens is 186 g/mol. The summed E-state index contributed by atoms with van der Waals surface area (Å²) in [7, 11) is 1.70. The fourth-order valence-corrected chi connectivity index (χ4v) is 1.55. The van der Waals surface area contributed by atoms with Crippen LogP contribution in [0.5, 0.6) is 5.75 Å². The van der Waals surface area contributed by atoms with Crippen LogP contribution in [-0.2, 0) is 6.42 Å². The first kappa shape index (κ1) is 14.0. The molecule has 0 amide bonds. The lowest BCUT2D eigenvalue weighted by Gasteiger charge is -2.03. The molecular formula is C13H23NO. The topological polar surface area (TPSA) is 44.2 Å². The Kier molecular flexibility index (Phi) is 7.74. The standard InChI is InChI=1S/C13H20O.H3N/c1-3-4-5-6-7-12-8-10-13(14-2)11-9-12;/h8-11H,3-7H2,1-2H3;1H3. The third-order valence-corrected chi connectivity index (χ3v) is 2.48. The van der Waals surface area contributed by atoms with E-state index in [1.165, 1.54) is 37.7 Å². The SMILES string of the molecule is CCCCCCc1ccc(OC)cc1.N. The molecule has 0 bridgehead atoms. The van der Waals surface area contributed by atoms with Crippen molar-refractivity contribution in [1.82, 2.24) is 6.15 Å². The van der Waals surface area contributed by atoms with Gasteiger partial charge < -0.3 is 10.9 Å². The van der Waals surface area contributed by atoms with Crippen LogP contribution in [0.4, 0.5) is 0 Å². The second-order valence-corrected chi connectivity index (χ2v) is 3.66. The van der Waals surface area contributed by atoms with Crippen LogP contribution in [0.25, 0.3) is 0 Å². The summed E-state index contributed by atoms with van der Waals surface area (Å²) < 4.78 is 5.11. The molecule has 0 aliphatic carbocycles. The van der Waals surface area contributed by atoms with Crippen molar-refractivity contribution in [1.29, 1.82) is 0 Å². The average molecular weight is 209 g/mol. The molecule has 0 atom stereocenters. The van der Waals surface area contributed by atoms with Crippen LogP contribution in [0.2, 0.25) is 0 Å². The molecule has 2 heteroatoms. The number of hydrogen-bond donors (Lipinski definition) is 1. The Morgan fingerprint density at radius 2 is 1.67 bits per heavy atom. The largest absolute Gasteiger partial charge is 0.497 e. The van der Waals surface area contributed by atoms with Gasteiger partial charge in [-0.1, -0.05) is 38.3 Å². The van der Waals surface area contributed by atoms with Gasteiger partial charge in [0.05, 0.1) is 7.11 Å². The second kappa shape index (κ2) is 8.30. The first-order chi connectivity index (χ1) is 6.86. The van der Waals surface area contributed by atoms with E-state index in [0.29, 0.717) is 0 Å². The van der Waals surface area contributed by atoms with Crippen molar-refractivity contribution in [3.8, 4) is 5.75 Å². The van der Waals surface area contributed by atoms with Crippen molar-refractivity contribution in [2.75, 3.05) is 7.11 Å². The van der Waals surface area contributed by atoms with Crippen molar-refractivity contribution in [2.24, 2.45) is 0 Å². The Balaban J connectivity index is 0.00000196. The first-order valence-electron chi connectivity index (χ1n) is 5.49. The fourth-order valence-electron chi connectivity index (χ4n) is 1.55. The average Bonchev–Trinajstić information content (AvgIpc) is 2.25. The molecule has 3 N–H and O–H groups in total. The molecule has 0 saturated carbocycles. The van der Waals surface area contributed by atoms with Gasteiger partial charge in [-0.25, -0.2) is 0 Å². The number of methoxy groups -OCH3 is 1. The molecule has 1 rings (SSSR count). The minimum absolute atomic E-state index is 0. The van der Waals surface area contributed by atoms with Crippen LogP contribution < -0.4 is 10.9 Å². The van der Waals surface area contributed by atoms with Crippen molar-refractivity contribution in [3.05, 3.63) is 29.8 Å². The number of hydrogen-bond acceptors (Lipinski definition) is 2. The number of benzene rings is 1. The van der Waals surface area contributed by atoms with Gasteiger partial charge in [-0.15, -0.1) is 0 Å². The normalized spacial score (nSPS) is 9.47. The zero-order chi connectivity index (χ0) is 10.2. The van der Waals surface area contributed by atoms with E-state index in [9.17, 15) is 0 Å². The van der Waals surface area contributed by atoms with Crippen LogP contribution in [-0.4, -0.2) is 7.11 Å². The summed E-state index contributed by atoms with van der Waals surface area (Å²) in [5.41, 5.74) is 1.42. The minimum atomic E-state index is 0. The van der Waals surface area contributed by atoms with Gasteiger partial charge >= 0.3 is 0 Å². The minimum Gasteiger partial charge on any atom is -0.497 e. The third kappa shape index (κ3) is 5.43. The summed E-state index contributed by atoms with van der Waals surface area (Å²) in [5, 5.41) is 0. The van der Waals surface area contributed by atoms with E-state index in [1.54, 1.807) is 7.11 Å². The summed E-state index contributed by atoms with van der Waals surface area (Å²) in [4.78, 5) is 0. The van der Waals surface area contributed by atoms with E-state index in [4.69, 9.17) is 4.74 Å². The number of unbranched alkanes of at least 4 members (excludes halogenated alkanes) is 3. The van der Waals surface area contributed by atoms with E-state index in [1.807, 2.05) is 12.1 Å². The Bertz CT molecular complexity index is 243. The third-order valence-electron chi connectivity index (χ3n) is 2.48. The molecule has 2 nitrogen and oxygen atoms in total. The molecule has 0 spiro atoms. The van der Waals surface area contributed by atoms with Crippen molar-refractivity contribution >= 4 is 0 Å².